The van der Waals surface area contributed by atoms with Crippen molar-refractivity contribution >= 4 is 17.4 Å². The van der Waals surface area contributed by atoms with Gasteiger partial charge in [-0.2, -0.15) is 5.10 Å². The van der Waals surface area contributed by atoms with E-state index in [9.17, 15) is 9.90 Å². The molecule has 2 aromatic heterocycles. The summed E-state index contributed by atoms with van der Waals surface area (Å²) in [4.78, 5) is 15.2. The topological polar surface area (TPSA) is 70.4 Å². The smallest absolute Gasteiger partial charge is 0.317 e. The van der Waals surface area contributed by atoms with E-state index < -0.39 is 6.10 Å². The maximum absolute atomic E-state index is 12.3. The number of rotatable bonds is 5. The van der Waals surface area contributed by atoms with Crippen molar-refractivity contribution in [2.24, 2.45) is 5.92 Å². The number of nitrogens with zero attached hydrogens (tertiary/aromatic N) is 3. The largest absolute Gasteiger partial charge is 0.387 e. The Kier molecular flexibility index (Phi) is 5.75. The lowest BCUT2D eigenvalue weighted by atomic mass is 9.90. The van der Waals surface area contributed by atoms with E-state index in [1.165, 1.54) is 0 Å². The van der Waals surface area contributed by atoms with Gasteiger partial charge in [-0.05, 0) is 50.1 Å². The number of aromatic nitrogens is 2. The molecule has 1 aliphatic rings. The molecule has 0 radical (unpaired) electrons. The summed E-state index contributed by atoms with van der Waals surface area (Å²) in [6.45, 7) is 6.62. The molecular weight excluding hydrogens is 336 g/mol. The number of thiophene rings is 1. The maximum Gasteiger partial charge on any atom is 0.317 e. The van der Waals surface area contributed by atoms with Gasteiger partial charge in [0, 0.05) is 30.2 Å². The minimum Gasteiger partial charge on any atom is -0.387 e. The number of aliphatic hydroxyl groups excluding tert-OH is 1. The fourth-order valence-corrected chi connectivity index (χ4v) is 4.20. The number of carbonyl (C=O) groups is 1. The SMILES string of the molecule is Cc1cc(C)n(CCNC(=O)N2CCC(C(O)c3cccs3)CC2)n1. The Morgan fingerprint density at radius 3 is 2.80 bits per heavy atom. The normalized spacial score (nSPS) is 16.8. The van der Waals surface area contributed by atoms with Crippen molar-refractivity contribution in [3.8, 4) is 0 Å². The Hall–Kier alpha value is -1.86. The molecular formula is C18H26N4O2S. The van der Waals surface area contributed by atoms with Crippen LogP contribution in [0.3, 0.4) is 0 Å². The van der Waals surface area contributed by atoms with E-state index in [1.807, 2.05) is 47.0 Å². The van der Waals surface area contributed by atoms with E-state index >= 15 is 0 Å². The molecule has 1 aliphatic heterocycles. The summed E-state index contributed by atoms with van der Waals surface area (Å²) in [6.07, 6.45) is 1.27. The zero-order valence-electron chi connectivity index (χ0n) is 14.8. The van der Waals surface area contributed by atoms with Gasteiger partial charge in [0.15, 0.2) is 0 Å². The number of hydrogen-bond acceptors (Lipinski definition) is 4. The molecule has 136 valence electrons. The van der Waals surface area contributed by atoms with Crippen molar-refractivity contribution in [2.45, 2.75) is 39.3 Å². The van der Waals surface area contributed by atoms with Crippen LogP contribution in [0.2, 0.25) is 0 Å². The molecule has 7 heteroatoms. The molecule has 6 nitrogen and oxygen atoms in total. The minimum atomic E-state index is -0.406. The lowest BCUT2D eigenvalue weighted by Gasteiger charge is -2.34. The van der Waals surface area contributed by atoms with Crippen LogP contribution in [0.15, 0.2) is 23.6 Å². The van der Waals surface area contributed by atoms with Crippen LogP contribution in [-0.2, 0) is 6.54 Å². The van der Waals surface area contributed by atoms with Crippen LogP contribution in [0.5, 0.6) is 0 Å². The Balaban J connectivity index is 1.41. The monoisotopic (exact) mass is 362 g/mol. The Labute approximate surface area is 152 Å². The zero-order chi connectivity index (χ0) is 17.8. The van der Waals surface area contributed by atoms with E-state index in [0.717, 1.165) is 29.1 Å². The van der Waals surface area contributed by atoms with E-state index in [1.54, 1.807) is 11.3 Å². The molecule has 2 aromatic rings. The van der Waals surface area contributed by atoms with Gasteiger partial charge in [-0.1, -0.05) is 6.07 Å². The number of amides is 2. The quantitative estimate of drug-likeness (QED) is 0.859. The lowest BCUT2D eigenvalue weighted by molar-refractivity contribution is 0.0690. The third kappa shape index (κ3) is 4.41. The molecule has 2 N–H and O–H groups in total. The van der Waals surface area contributed by atoms with Crippen LogP contribution in [0, 0.1) is 19.8 Å². The standard InChI is InChI=1S/C18H26N4O2S/c1-13-12-14(2)22(20-13)10-7-19-18(24)21-8-5-15(6-9-21)17(23)16-4-3-11-25-16/h3-4,11-12,15,17,23H,5-10H2,1-2H3,(H,19,24). The first-order valence-electron chi connectivity index (χ1n) is 8.80. The highest BCUT2D eigenvalue weighted by Crippen LogP contribution is 2.32. The number of hydrogen-bond donors (Lipinski definition) is 2. The lowest BCUT2D eigenvalue weighted by Crippen LogP contribution is -2.45. The molecule has 25 heavy (non-hydrogen) atoms. The number of aliphatic hydroxyl groups is 1. The van der Waals surface area contributed by atoms with Gasteiger partial charge in [-0.25, -0.2) is 4.79 Å². The second-order valence-corrected chi connectivity index (χ2v) is 7.65. The molecule has 0 spiro atoms. The minimum absolute atomic E-state index is 0.0226. The van der Waals surface area contributed by atoms with E-state index in [2.05, 4.69) is 10.4 Å². The van der Waals surface area contributed by atoms with Crippen LogP contribution in [0.1, 0.15) is 35.2 Å². The summed E-state index contributed by atoms with van der Waals surface area (Å²) in [5, 5.41) is 19.8. The molecule has 0 aliphatic carbocycles. The van der Waals surface area contributed by atoms with Gasteiger partial charge in [-0.15, -0.1) is 11.3 Å². The molecule has 3 heterocycles. The van der Waals surface area contributed by atoms with Gasteiger partial charge in [0.05, 0.1) is 18.3 Å². The van der Waals surface area contributed by atoms with Crippen molar-refractivity contribution < 1.29 is 9.90 Å². The highest BCUT2D eigenvalue weighted by Gasteiger charge is 2.28. The Morgan fingerprint density at radius 2 is 2.20 bits per heavy atom. The highest BCUT2D eigenvalue weighted by molar-refractivity contribution is 7.10. The second kappa shape index (κ2) is 8.01. The molecule has 0 bridgehead atoms. The fraction of sp³-hybridized carbons (Fsp3) is 0.556. The van der Waals surface area contributed by atoms with Crippen LogP contribution in [-0.4, -0.2) is 45.5 Å². The number of aryl methyl sites for hydroxylation is 2. The van der Waals surface area contributed by atoms with Gasteiger partial charge >= 0.3 is 6.03 Å². The third-order valence-electron chi connectivity index (χ3n) is 4.81. The number of urea groups is 1. The molecule has 1 unspecified atom stereocenters. The van der Waals surface area contributed by atoms with E-state index in [0.29, 0.717) is 26.2 Å². The van der Waals surface area contributed by atoms with Gasteiger partial charge in [0.2, 0.25) is 0 Å². The van der Waals surface area contributed by atoms with E-state index in [4.69, 9.17) is 0 Å². The van der Waals surface area contributed by atoms with Crippen molar-refractivity contribution in [1.82, 2.24) is 20.0 Å². The Bertz CT molecular complexity index is 690. The van der Waals surface area contributed by atoms with Crippen LogP contribution >= 0.6 is 11.3 Å². The summed E-state index contributed by atoms with van der Waals surface area (Å²) in [6, 6.07) is 5.96. The Morgan fingerprint density at radius 1 is 1.44 bits per heavy atom. The van der Waals surface area contributed by atoms with Gasteiger partial charge in [0.25, 0.3) is 0 Å². The number of likely N-dealkylation sites (tertiary alicyclic amines) is 1. The highest BCUT2D eigenvalue weighted by atomic mass is 32.1. The predicted molar refractivity (Wildman–Crippen MR) is 98.7 cm³/mol. The molecule has 1 atom stereocenters. The summed E-state index contributed by atoms with van der Waals surface area (Å²) < 4.78 is 1.92. The number of piperidine rings is 1. The van der Waals surface area contributed by atoms with E-state index in [-0.39, 0.29) is 11.9 Å². The van der Waals surface area contributed by atoms with Gasteiger partial charge < -0.3 is 15.3 Å². The van der Waals surface area contributed by atoms with Crippen LogP contribution < -0.4 is 5.32 Å². The van der Waals surface area contributed by atoms with Crippen molar-refractivity contribution in [3.05, 3.63) is 39.8 Å². The molecule has 0 saturated carbocycles. The van der Waals surface area contributed by atoms with Crippen molar-refractivity contribution in [1.29, 1.82) is 0 Å². The average Bonchev–Trinajstić information content (AvgIpc) is 3.24. The van der Waals surface area contributed by atoms with Crippen molar-refractivity contribution in [3.63, 3.8) is 0 Å². The first-order chi connectivity index (χ1) is 12.0. The van der Waals surface area contributed by atoms with Crippen molar-refractivity contribution in [2.75, 3.05) is 19.6 Å². The molecule has 3 rings (SSSR count). The zero-order valence-corrected chi connectivity index (χ0v) is 15.6. The first kappa shape index (κ1) is 17.9. The summed E-state index contributed by atoms with van der Waals surface area (Å²) in [5.41, 5.74) is 2.10. The summed E-state index contributed by atoms with van der Waals surface area (Å²) in [7, 11) is 0. The molecule has 0 aromatic carbocycles. The number of nitrogens with one attached hydrogen (secondary N) is 1. The van der Waals surface area contributed by atoms with Crippen LogP contribution in [0.4, 0.5) is 4.79 Å². The first-order valence-corrected chi connectivity index (χ1v) is 9.68. The van der Waals surface area contributed by atoms with Crippen LogP contribution in [0.25, 0.3) is 0 Å². The molecule has 2 amide bonds. The third-order valence-corrected chi connectivity index (χ3v) is 5.75. The second-order valence-electron chi connectivity index (χ2n) is 6.67. The summed E-state index contributed by atoms with van der Waals surface area (Å²) >= 11 is 1.59. The molecule has 1 saturated heterocycles. The number of carbonyl (C=O) groups excluding carboxylic acids is 1. The predicted octanol–water partition coefficient (Wildman–Crippen LogP) is 2.72. The molecule has 1 fully saturated rings. The fourth-order valence-electron chi connectivity index (χ4n) is 3.39. The summed E-state index contributed by atoms with van der Waals surface area (Å²) in [5.74, 6) is 0.234. The maximum atomic E-state index is 12.3. The van der Waals surface area contributed by atoms with Gasteiger partial charge in [-0.3, -0.25) is 4.68 Å². The average molecular weight is 362 g/mol. The van der Waals surface area contributed by atoms with Gasteiger partial charge in [0.1, 0.15) is 0 Å².